The number of hydrogen-bond donors (Lipinski definition) is 1. The molecule has 1 N–H and O–H groups in total. The molecule has 0 radical (unpaired) electrons. The Labute approximate surface area is 189 Å². The molecule has 6 heteroatoms. The standard InChI is InChI=1S/C25H32N2O3S/c1-29-22-9-5-3-7-19(22)18-27-15-13-25(14-16-27)12-11-20(30-25)17-26-24(28)21-8-4-6-10-23(21)31-2/h3-10,20H,11-18H2,1-2H3,(H,26,28)/t20-/m1/s1. The average Bonchev–Trinajstić information content (AvgIpc) is 3.22. The lowest BCUT2D eigenvalue weighted by Crippen LogP contribution is -2.44. The van der Waals surface area contributed by atoms with Crippen molar-refractivity contribution in [1.82, 2.24) is 10.2 Å². The van der Waals surface area contributed by atoms with Crippen LogP contribution < -0.4 is 10.1 Å². The van der Waals surface area contributed by atoms with Crippen LogP contribution in [-0.2, 0) is 11.3 Å². The van der Waals surface area contributed by atoms with Crippen LogP contribution in [0.15, 0.2) is 53.4 Å². The van der Waals surface area contributed by atoms with Crippen LogP contribution in [0.4, 0.5) is 0 Å². The molecule has 31 heavy (non-hydrogen) atoms. The van der Waals surface area contributed by atoms with Gasteiger partial charge in [-0.1, -0.05) is 30.3 Å². The lowest BCUT2D eigenvalue weighted by molar-refractivity contribution is -0.0765. The highest BCUT2D eigenvalue weighted by molar-refractivity contribution is 7.98. The summed E-state index contributed by atoms with van der Waals surface area (Å²) in [7, 11) is 1.73. The van der Waals surface area contributed by atoms with Crippen molar-refractivity contribution < 1.29 is 14.3 Å². The fraction of sp³-hybridized carbons (Fsp3) is 0.480. The summed E-state index contributed by atoms with van der Waals surface area (Å²) in [5, 5.41) is 3.09. The van der Waals surface area contributed by atoms with Crippen LogP contribution >= 0.6 is 11.8 Å². The summed E-state index contributed by atoms with van der Waals surface area (Å²) in [5.41, 5.74) is 1.95. The average molecular weight is 441 g/mol. The second-order valence-electron chi connectivity index (χ2n) is 8.46. The molecule has 1 spiro atoms. The van der Waals surface area contributed by atoms with Gasteiger partial charge in [-0.15, -0.1) is 11.8 Å². The van der Waals surface area contributed by atoms with E-state index in [1.54, 1.807) is 18.9 Å². The van der Waals surface area contributed by atoms with Crippen molar-refractivity contribution in [3.8, 4) is 5.75 Å². The number of nitrogens with one attached hydrogen (secondary N) is 1. The second-order valence-corrected chi connectivity index (χ2v) is 9.31. The molecule has 2 fully saturated rings. The van der Waals surface area contributed by atoms with Crippen LogP contribution in [0, 0.1) is 0 Å². The van der Waals surface area contributed by atoms with E-state index in [1.807, 2.05) is 42.7 Å². The van der Waals surface area contributed by atoms with E-state index in [4.69, 9.17) is 9.47 Å². The molecule has 0 aromatic heterocycles. The third-order valence-corrected chi connectivity index (χ3v) is 7.33. The minimum Gasteiger partial charge on any atom is -0.496 e. The molecule has 2 heterocycles. The predicted molar refractivity (Wildman–Crippen MR) is 125 cm³/mol. The zero-order valence-corrected chi connectivity index (χ0v) is 19.2. The van der Waals surface area contributed by atoms with Crippen molar-refractivity contribution in [2.24, 2.45) is 0 Å². The Morgan fingerprint density at radius 3 is 2.68 bits per heavy atom. The molecule has 166 valence electrons. The summed E-state index contributed by atoms with van der Waals surface area (Å²) in [6.45, 7) is 3.54. The summed E-state index contributed by atoms with van der Waals surface area (Å²) in [6, 6.07) is 16.0. The molecule has 2 aromatic rings. The minimum absolute atomic E-state index is 0.0128. The Balaban J connectivity index is 1.26. The van der Waals surface area contributed by atoms with Gasteiger partial charge < -0.3 is 14.8 Å². The number of ether oxygens (including phenoxy) is 2. The molecule has 2 aromatic carbocycles. The number of thioether (sulfide) groups is 1. The van der Waals surface area contributed by atoms with Crippen LogP contribution in [0.25, 0.3) is 0 Å². The van der Waals surface area contributed by atoms with E-state index in [0.29, 0.717) is 6.54 Å². The second kappa shape index (κ2) is 10.1. The third kappa shape index (κ3) is 5.25. The fourth-order valence-corrected chi connectivity index (χ4v) is 5.33. The first-order valence-corrected chi connectivity index (χ1v) is 12.3. The van der Waals surface area contributed by atoms with Gasteiger partial charge in [0, 0.05) is 36.6 Å². The molecule has 1 atom stereocenters. The van der Waals surface area contributed by atoms with Gasteiger partial charge in [0.25, 0.3) is 5.91 Å². The lowest BCUT2D eigenvalue weighted by atomic mass is 9.88. The predicted octanol–water partition coefficient (Wildman–Crippen LogP) is 4.36. The summed E-state index contributed by atoms with van der Waals surface area (Å²) in [4.78, 5) is 16.1. The summed E-state index contributed by atoms with van der Waals surface area (Å²) in [5.74, 6) is 0.944. The quantitative estimate of drug-likeness (QED) is 0.649. The SMILES string of the molecule is COc1ccccc1CN1CCC2(CC[C@H](CNC(=O)c3ccccc3SC)O2)CC1. The van der Waals surface area contributed by atoms with E-state index in [2.05, 4.69) is 22.3 Å². The van der Waals surface area contributed by atoms with Crippen LogP contribution in [0.2, 0.25) is 0 Å². The fourth-order valence-electron chi connectivity index (χ4n) is 4.73. The monoisotopic (exact) mass is 440 g/mol. The third-order valence-electron chi connectivity index (χ3n) is 6.53. The number of carbonyl (C=O) groups excluding carboxylic acids is 1. The summed E-state index contributed by atoms with van der Waals surface area (Å²) in [6.07, 6.45) is 6.28. The first-order valence-electron chi connectivity index (χ1n) is 11.1. The Bertz CT molecular complexity index is 896. The van der Waals surface area contributed by atoms with Crippen LogP contribution in [-0.4, -0.2) is 55.5 Å². The Kier molecular flexibility index (Phi) is 7.20. The van der Waals surface area contributed by atoms with E-state index >= 15 is 0 Å². The first kappa shape index (κ1) is 22.2. The van der Waals surface area contributed by atoms with Crippen molar-refractivity contribution in [2.75, 3.05) is 33.0 Å². The van der Waals surface area contributed by atoms with Gasteiger partial charge in [0.15, 0.2) is 0 Å². The number of nitrogens with zero attached hydrogens (tertiary/aromatic N) is 1. The van der Waals surface area contributed by atoms with Gasteiger partial charge in [-0.3, -0.25) is 9.69 Å². The Morgan fingerprint density at radius 2 is 1.90 bits per heavy atom. The van der Waals surface area contributed by atoms with E-state index in [9.17, 15) is 4.79 Å². The maximum atomic E-state index is 12.6. The maximum absolute atomic E-state index is 12.6. The molecule has 2 saturated heterocycles. The van der Waals surface area contributed by atoms with Crippen LogP contribution in [0.3, 0.4) is 0 Å². The first-order chi connectivity index (χ1) is 15.1. The van der Waals surface area contributed by atoms with Gasteiger partial charge in [-0.25, -0.2) is 0 Å². The number of likely N-dealkylation sites (tertiary alicyclic amines) is 1. The van der Waals surface area contributed by atoms with Crippen molar-refractivity contribution in [2.45, 2.75) is 48.8 Å². The highest BCUT2D eigenvalue weighted by Crippen LogP contribution is 2.39. The smallest absolute Gasteiger partial charge is 0.252 e. The van der Waals surface area contributed by atoms with E-state index in [-0.39, 0.29) is 17.6 Å². The molecule has 1 amide bonds. The van der Waals surface area contributed by atoms with Crippen LogP contribution in [0.1, 0.15) is 41.6 Å². The minimum atomic E-state index is -0.0240. The maximum Gasteiger partial charge on any atom is 0.252 e. The highest BCUT2D eigenvalue weighted by Gasteiger charge is 2.42. The highest BCUT2D eigenvalue weighted by atomic mass is 32.2. The molecule has 0 bridgehead atoms. The van der Waals surface area contributed by atoms with Crippen molar-refractivity contribution in [1.29, 1.82) is 0 Å². The van der Waals surface area contributed by atoms with Gasteiger partial charge in [0.05, 0.1) is 24.4 Å². The topological polar surface area (TPSA) is 50.8 Å². The van der Waals surface area contributed by atoms with Crippen molar-refractivity contribution in [3.63, 3.8) is 0 Å². The number of carbonyl (C=O) groups is 1. The molecule has 2 aliphatic heterocycles. The number of hydrogen-bond acceptors (Lipinski definition) is 5. The Morgan fingerprint density at radius 1 is 1.16 bits per heavy atom. The van der Waals surface area contributed by atoms with Gasteiger partial charge >= 0.3 is 0 Å². The number of amides is 1. The molecule has 0 saturated carbocycles. The molecule has 0 aliphatic carbocycles. The Hall–Kier alpha value is -2.02. The van der Waals surface area contributed by atoms with Gasteiger partial charge in [-0.2, -0.15) is 0 Å². The molecule has 5 nitrogen and oxygen atoms in total. The van der Waals surface area contributed by atoms with Gasteiger partial charge in [0.2, 0.25) is 0 Å². The molecular weight excluding hydrogens is 408 g/mol. The summed E-state index contributed by atoms with van der Waals surface area (Å²) >= 11 is 1.60. The van der Waals surface area contributed by atoms with Gasteiger partial charge in [-0.05, 0) is 50.1 Å². The zero-order chi connectivity index (χ0) is 21.7. The van der Waals surface area contributed by atoms with Crippen LogP contribution in [0.5, 0.6) is 5.75 Å². The summed E-state index contributed by atoms with van der Waals surface area (Å²) < 4.78 is 12.0. The normalized spacial score (nSPS) is 20.6. The lowest BCUT2D eigenvalue weighted by Gasteiger charge is -2.39. The van der Waals surface area contributed by atoms with Gasteiger partial charge in [0.1, 0.15) is 5.75 Å². The van der Waals surface area contributed by atoms with Crippen molar-refractivity contribution >= 4 is 17.7 Å². The number of piperidine rings is 1. The largest absolute Gasteiger partial charge is 0.496 e. The molecule has 4 rings (SSSR count). The van der Waals surface area contributed by atoms with E-state index < -0.39 is 0 Å². The number of para-hydroxylation sites is 1. The number of methoxy groups -OCH3 is 1. The van der Waals surface area contributed by atoms with E-state index in [1.165, 1.54) is 5.56 Å². The zero-order valence-electron chi connectivity index (χ0n) is 18.4. The number of benzene rings is 2. The molecule has 0 unspecified atom stereocenters. The molecular formula is C25H32N2O3S. The molecule has 2 aliphatic rings. The number of rotatable bonds is 7. The van der Waals surface area contributed by atoms with Crippen molar-refractivity contribution in [3.05, 3.63) is 59.7 Å². The van der Waals surface area contributed by atoms with E-state index in [0.717, 1.165) is 61.5 Å².